The largest absolute Gasteiger partial charge is 0.452 e. The maximum Gasteiger partial charge on any atom is 0.338 e. The molecular weight excluding hydrogens is 354 g/mol. The van der Waals surface area contributed by atoms with Crippen molar-refractivity contribution in [3.05, 3.63) is 53.6 Å². The molecule has 3 rings (SSSR count). The Balaban J connectivity index is 1.60. The number of thioether (sulfide) groups is 1. The number of nitrogens with one attached hydrogen (secondary N) is 2. The summed E-state index contributed by atoms with van der Waals surface area (Å²) in [5, 5.41) is 14.2. The van der Waals surface area contributed by atoms with Crippen LogP contribution in [0, 0.1) is 11.3 Å². The van der Waals surface area contributed by atoms with E-state index in [1.165, 1.54) is 17.8 Å². The molecule has 1 aliphatic rings. The number of rotatable bonds is 4. The van der Waals surface area contributed by atoms with Gasteiger partial charge in [-0.1, -0.05) is 12.1 Å². The predicted molar refractivity (Wildman–Crippen MR) is 95.9 cm³/mol. The van der Waals surface area contributed by atoms with E-state index in [0.717, 1.165) is 4.90 Å². The van der Waals surface area contributed by atoms with Crippen molar-refractivity contribution in [2.24, 2.45) is 0 Å². The van der Waals surface area contributed by atoms with Gasteiger partial charge in [0.15, 0.2) is 6.61 Å². The van der Waals surface area contributed by atoms with E-state index in [0.29, 0.717) is 22.7 Å². The van der Waals surface area contributed by atoms with Crippen LogP contribution >= 0.6 is 11.8 Å². The molecule has 0 radical (unpaired) electrons. The van der Waals surface area contributed by atoms with Crippen molar-refractivity contribution in [2.45, 2.75) is 4.90 Å². The molecule has 0 aliphatic carbocycles. The summed E-state index contributed by atoms with van der Waals surface area (Å²) in [6.45, 7) is -0.489. The number of benzene rings is 2. The molecule has 8 heteroatoms. The van der Waals surface area contributed by atoms with Crippen LogP contribution in [0.15, 0.2) is 47.4 Å². The number of nitrogens with zero attached hydrogens (tertiary/aromatic N) is 1. The Morgan fingerprint density at radius 2 is 2.08 bits per heavy atom. The maximum absolute atomic E-state index is 12.1. The van der Waals surface area contributed by atoms with Crippen LogP contribution in [0.2, 0.25) is 0 Å². The summed E-state index contributed by atoms with van der Waals surface area (Å²) < 4.78 is 5.00. The number of carbonyl (C=O) groups excluding carboxylic acids is 3. The molecule has 0 fully saturated rings. The van der Waals surface area contributed by atoms with Crippen LogP contribution in [-0.4, -0.2) is 30.1 Å². The molecule has 1 heterocycles. The number of para-hydroxylation sites is 1. The average molecular weight is 367 g/mol. The normalized spacial score (nSPS) is 12.3. The van der Waals surface area contributed by atoms with Crippen LogP contribution in [0.3, 0.4) is 0 Å². The smallest absolute Gasteiger partial charge is 0.338 e. The Hall–Kier alpha value is -3.31. The van der Waals surface area contributed by atoms with Crippen LogP contribution in [0.4, 0.5) is 11.4 Å². The van der Waals surface area contributed by atoms with Gasteiger partial charge < -0.3 is 15.4 Å². The highest BCUT2D eigenvalue weighted by molar-refractivity contribution is 8.00. The summed E-state index contributed by atoms with van der Waals surface area (Å²) in [4.78, 5) is 36.3. The number of nitriles is 1. The predicted octanol–water partition coefficient (Wildman–Crippen LogP) is 2.40. The van der Waals surface area contributed by atoms with Crippen LogP contribution in [-0.2, 0) is 14.3 Å². The highest BCUT2D eigenvalue weighted by Gasteiger charge is 2.18. The second-order valence-corrected chi connectivity index (χ2v) is 6.35. The van der Waals surface area contributed by atoms with Crippen LogP contribution in [0.5, 0.6) is 0 Å². The molecule has 1 aliphatic heterocycles. The van der Waals surface area contributed by atoms with Crippen molar-refractivity contribution < 1.29 is 19.1 Å². The fraction of sp³-hybridized carbons (Fsp3) is 0.111. The molecule has 26 heavy (non-hydrogen) atoms. The Morgan fingerprint density at radius 3 is 2.88 bits per heavy atom. The lowest BCUT2D eigenvalue weighted by Gasteiger charge is -2.16. The molecule has 130 valence electrons. The summed E-state index contributed by atoms with van der Waals surface area (Å²) >= 11 is 1.39. The number of hydrogen-bond donors (Lipinski definition) is 2. The first-order valence-corrected chi connectivity index (χ1v) is 8.58. The zero-order valence-corrected chi connectivity index (χ0v) is 14.3. The lowest BCUT2D eigenvalue weighted by molar-refractivity contribution is -0.119. The number of esters is 1. The Kier molecular flexibility index (Phi) is 5.20. The fourth-order valence-electron chi connectivity index (χ4n) is 2.30. The van der Waals surface area contributed by atoms with Gasteiger partial charge in [0.1, 0.15) is 6.07 Å². The van der Waals surface area contributed by atoms with Gasteiger partial charge in [-0.2, -0.15) is 5.26 Å². The van der Waals surface area contributed by atoms with Crippen LogP contribution in [0.25, 0.3) is 0 Å². The number of hydrogen-bond acceptors (Lipinski definition) is 6. The van der Waals surface area contributed by atoms with E-state index in [1.807, 2.05) is 6.07 Å². The molecule has 2 N–H and O–H groups in total. The van der Waals surface area contributed by atoms with E-state index < -0.39 is 18.5 Å². The lowest BCUT2D eigenvalue weighted by atomic mass is 10.2. The van der Waals surface area contributed by atoms with Gasteiger partial charge in [0.2, 0.25) is 5.91 Å². The molecular formula is C18H13N3O4S. The van der Waals surface area contributed by atoms with E-state index in [1.54, 1.807) is 36.4 Å². The van der Waals surface area contributed by atoms with Crippen LogP contribution < -0.4 is 10.6 Å². The summed E-state index contributed by atoms with van der Waals surface area (Å²) in [5.74, 6) is -1.03. The molecule has 0 bridgehead atoms. The van der Waals surface area contributed by atoms with Crippen LogP contribution in [0.1, 0.15) is 15.9 Å². The summed E-state index contributed by atoms with van der Waals surface area (Å²) in [7, 11) is 0. The number of anilines is 2. The average Bonchev–Trinajstić information content (AvgIpc) is 2.66. The third-order valence-corrected chi connectivity index (χ3v) is 4.58. The second kappa shape index (κ2) is 7.72. The molecule has 0 unspecified atom stereocenters. The van der Waals surface area contributed by atoms with E-state index in [2.05, 4.69) is 10.6 Å². The quantitative estimate of drug-likeness (QED) is 0.804. The second-order valence-electron chi connectivity index (χ2n) is 5.33. The first-order valence-electron chi connectivity index (χ1n) is 7.59. The number of amides is 2. The van der Waals surface area contributed by atoms with Gasteiger partial charge in [-0.3, -0.25) is 9.59 Å². The Morgan fingerprint density at radius 1 is 1.27 bits per heavy atom. The third kappa shape index (κ3) is 4.02. The summed E-state index contributed by atoms with van der Waals surface area (Å²) in [6, 6.07) is 13.3. The highest BCUT2D eigenvalue weighted by Crippen LogP contribution is 2.32. The molecule has 2 amide bonds. The molecule has 0 spiro atoms. The minimum absolute atomic E-state index is 0.136. The number of ether oxygens (including phenoxy) is 1. The molecule has 0 atom stereocenters. The third-order valence-electron chi connectivity index (χ3n) is 3.50. The summed E-state index contributed by atoms with van der Waals surface area (Å²) in [6.07, 6.45) is 0. The molecule has 0 saturated carbocycles. The van der Waals surface area contributed by atoms with E-state index in [9.17, 15) is 14.4 Å². The summed E-state index contributed by atoms with van der Waals surface area (Å²) in [5.41, 5.74) is 1.45. The van der Waals surface area contributed by atoms with Crippen molar-refractivity contribution in [2.75, 3.05) is 23.0 Å². The fourth-order valence-corrected chi connectivity index (χ4v) is 3.09. The zero-order chi connectivity index (χ0) is 18.5. The first kappa shape index (κ1) is 17.5. The van der Waals surface area contributed by atoms with Crippen molar-refractivity contribution in [3.8, 4) is 6.07 Å². The molecule has 2 aromatic carbocycles. The zero-order valence-electron chi connectivity index (χ0n) is 13.4. The standard InChI is InChI=1S/C18H13N3O4S/c19-8-12-3-1-2-4-13(12)20-16(22)9-25-18(24)11-5-6-15-14(7-11)21-17(23)10-26-15/h1-7H,9-10H2,(H,20,22)(H,21,23). The van der Waals surface area contributed by atoms with Gasteiger partial charge >= 0.3 is 5.97 Å². The van der Waals surface area contributed by atoms with Crippen molar-refractivity contribution in [1.29, 1.82) is 5.26 Å². The Bertz CT molecular complexity index is 936. The first-order chi connectivity index (χ1) is 12.6. The molecule has 0 saturated heterocycles. The lowest BCUT2D eigenvalue weighted by Crippen LogP contribution is -2.22. The molecule has 0 aromatic heterocycles. The van der Waals surface area contributed by atoms with Gasteiger partial charge in [-0.25, -0.2) is 4.79 Å². The SMILES string of the molecule is N#Cc1ccccc1NC(=O)COC(=O)c1ccc2c(c1)NC(=O)CS2. The molecule has 2 aromatic rings. The minimum atomic E-state index is -0.679. The van der Waals surface area contributed by atoms with Crippen molar-refractivity contribution in [3.63, 3.8) is 0 Å². The number of carbonyl (C=O) groups is 3. The van der Waals surface area contributed by atoms with Gasteiger partial charge in [0.25, 0.3) is 5.91 Å². The topological polar surface area (TPSA) is 108 Å². The van der Waals surface area contributed by atoms with E-state index in [4.69, 9.17) is 10.00 Å². The number of fused-ring (bicyclic) bond motifs is 1. The van der Waals surface area contributed by atoms with Gasteiger partial charge in [0, 0.05) is 4.90 Å². The van der Waals surface area contributed by atoms with Gasteiger partial charge in [0.05, 0.1) is 28.3 Å². The van der Waals surface area contributed by atoms with E-state index >= 15 is 0 Å². The van der Waals surface area contributed by atoms with Crippen molar-refractivity contribution in [1.82, 2.24) is 0 Å². The Labute approximate surface area is 153 Å². The van der Waals surface area contributed by atoms with E-state index in [-0.39, 0.29) is 11.5 Å². The molecule has 7 nitrogen and oxygen atoms in total. The highest BCUT2D eigenvalue weighted by atomic mass is 32.2. The monoisotopic (exact) mass is 367 g/mol. The maximum atomic E-state index is 12.1. The van der Waals surface area contributed by atoms with Gasteiger partial charge in [-0.05, 0) is 30.3 Å². The van der Waals surface area contributed by atoms with Gasteiger partial charge in [-0.15, -0.1) is 11.8 Å². The minimum Gasteiger partial charge on any atom is -0.452 e. The van der Waals surface area contributed by atoms with Crippen molar-refractivity contribution >= 4 is 40.9 Å².